The number of hydrogen-bond acceptors (Lipinski definition) is 2. The van der Waals surface area contributed by atoms with E-state index in [0.29, 0.717) is 11.6 Å². The molecule has 0 aliphatic rings. The van der Waals surface area contributed by atoms with Crippen molar-refractivity contribution in [2.45, 2.75) is 6.54 Å². The normalized spacial score (nSPS) is 10.2. The highest BCUT2D eigenvalue weighted by Crippen LogP contribution is 2.17. The maximum atomic E-state index is 13.3. The van der Waals surface area contributed by atoms with Gasteiger partial charge in [0.25, 0.3) is 0 Å². The lowest BCUT2D eigenvalue weighted by molar-refractivity contribution is 0.235. The number of urea groups is 1. The number of ether oxygens (including phenoxy) is 1. The summed E-state index contributed by atoms with van der Waals surface area (Å²) in [6.07, 6.45) is 0. The van der Waals surface area contributed by atoms with Gasteiger partial charge in [0.2, 0.25) is 0 Å². The number of rotatable bonds is 6. The Morgan fingerprint density at radius 1 is 1.13 bits per heavy atom. The molecule has 0 aromatic heterocycles. The van der Waals surface area contributed by atoms with Gasteiger partial charge in [-0.15, -0.1) is 0 Å². The summed E-state index contributed by atoms with van der Waals surface area (Å²) in [6, 6.07) is 9.81. The molecule has 7 heteroatoms. The molecule has 0 aliphatic carbocycles. The van der Waals surface area contributed by atoms with Crippen LogP contribution in [0, 0.1) is 11.6 Å². The number of amides is 2. The molecule has 0 radical (unpaired) electrons. The predicted molar refractivity (Wildman–Crippen MR) is 83.5 cm³/mol. The lowest BCUT2D eigenvalue weighted by Crippen LogP contribution is -2.37. The molecule has 2 rings (SSSR count). The third-order valence-corrected chi connectivity index (χ3v) is 3.31. The minimum absolute atomic E-state index is 0.0576. The van der Waals surface area contributed by atoms with Crippen LogP contribution >= 0.6 is 11.6 Å². The zero-order valence-corrected chi connectivity index (χ0v) is 12.9. The molecule has 0 heterocycles. The summed E-state index contributed by atoms with van der Waals surface area (Å²) in [5, 5.41) is 5.77. The van der Waals surface area contributed by atoms with Crippen molar-refractivity contribution in [1.29, 1.82) is 0 Å². The molecule has 0 saturated heterocycles. The lowest BCUT2D eigenvalue weighted by atomic mass is 10.2. The molecule has 0 spiro atoms. The second-order valence-corrected chi connectivity index (χ2v) is 5.03. The van der Waals surface area contributed by atoms with Crippen molar-refractivity contribution in [3.05, 3.63) is 64.7 Å². The van der Waals surface area contributed by atoms with Gasteiger partial charge in [0, 0.05) is 17.6 Å². The van der Waals surface area contributed by atoms with Crippen LogP contribution in [0.25, 0.3) is 0 Å². The van der Waals surface area contributed by atoms with Crippen LogP contribution in [0.5, 0.6) is 5.75 Å². The van der Waals surface area contributed by atoms with Crippen molar-refractivity contribution in [3.63, 3.8) is 0 Å². The maximum absolute atomic E-state index is 13.3. The third-order valence-electron chi connectivity index (χ3n) is 2.94. The minimum Gasteiger partial charge on any atom is -0.489 e. The van der Waals surface area contributed by atoms with Crippen LogP contribution in [0.2, 0.25) is 5.02 Å². The van der Waals surface area contributed by atoms with E-state index in [2.05, 4.69) is 10.6 Å². The second-order valence-electron chi connectivity index (χ2n) is 4.62. The lowest BCUT2D eigenvalue weighted by Gasteiger charge is -2.10. The summed E-state index contributed by atoms with van der Waals surface area (Å²) in [4.78, 5) is 11.6. The van der Waals surface area contributed by atoms with Crippen LogP contribution in [0.3, 0.4) is 0 Å². The van der Waals surface area contributed by atoms with Gasteiger partial charge in [0.1, 0.15) is 12.4 Å². The minimum atomic E-state index is -0.784. The Hall–Kier alpha value is -2.34. The van der Waals surface area contributed by atoms with Gasteiger partial charge in [0.05, 0.1) is 6.54 Å². The van der Waals surface area contributed by atoms with Crippen molar-refractivity contribution in [2.75, 3.05) is 13.2 Å². The van der Waals surface area contributed by atoms with Gasteiger partial charge >= 0.3 is 6.03 Å². The average molecular weight is 341 g/mol. The Kier molecular flexibility index (Phi) is 6.17. The quantitative estimate of drug-likeness (QED) is 0.791. The number of nitrogens with one attached hydrogen (secondary N) is 2. The maximum Gasteiger partial charge on any atom is 0.315 e. The number of halogens is 3. The molecule has 0 bridgehead atoms. The van der Waals surface area contributed by atoms with E-state index in [0.717, 1.165) is 17.7 Å². The predicted octanol–water partition coefficient (Wildman–Crippen LogP) is 3.50. The van der Waals surface area contributed by atoms with Gasteiger partial charge in [-0.05, 0) is 23.8 Å². The molecule has 122 valence electrons. The number of carbonyl (C=O) groups excluding carboxylic acids is 1. The highest BCUT2D eigenvalue weighted by Gasteiger charge is 2.06. The first-order valence-corrected chi connectivity index (χ1v) is 7.27. The van der Waals surface area contributed by atoms with E-state index in [1.807, 2.05) is 12.1 Å². The Labute approximate surface area is 137 Å². The van der Waals surface area contributed by atoms with Crippen LogP contribution < -0.4 is 15.4 Å². The van der Waals surface area contributed by atoms with E-state index >= 15 is 0 Å². The van der Waals surface area contributed by atoms with E-state index in [4.69, 9.17) is 16.3 Å². The highest BCUT2D eigenvalue weighted by molar-refractivity contribution is 6.31. The Bertz CT molecular complexity index is 683. The van der Waals surface area contributed by atoms with Crippen molar-refractivity contribution in [2.24, 2.45) is 0 Å². The van der Waals surface area contributed by atoms with Crippen molar-refractivity contribution >= 4 is 17.6 Å². The Morgan fingerprint density at radius 3 is 2.65 bits per heavy atom. The standard InChI is InChI=1S/C16H15ClF2N2O2/c17-13-4-2-1-3-11(13)10-21-16(22)20-7-8-23-15-6-5-12(18)9-14(15)19/h1-6,9H,7-8,10H2,(H2,20,21,22). The molecule has 0 unspecified atom stereocenters. The van der Waals surface area contributed by atoms with Gasteiger partial charge in [0.15, 0.2) is 11.6 Å². The number of benzene rings is 2. The number of hydrogen-bond donors (Lipinski definition) is 2. The molecule has 2 aromatic carbocycles. The molecule has 0 atom stereocenters. The molecule has 0 saturated carbocycles. The van der Waals surface area contributed by atoms with Crippen molar-refractivity contribution in [3.8, 4) is 5.75 Å². The summed E-state index contributed by atoms with van der Waals surface area (Å²) >= 11 is 5.97. The fourth-order valence-electron chi connectivity index (χ4n) is 1.80. The summed E-state index contributed by atoms with van der Waals surface area (Å²) in [6.45, 7) is 0.520. The topological polar surface area (TPSA) is 50.4 Å². The average Bonchev–Trinajstić information content (AvgIpc) is 2.52. The van der Waals surface area contributed by atoms with Gasteiger partial charge in [-0.2, -0.15) is 0 Å². The van der Waals surface area contributed by atoms with E-state index < -0.39 is 17.7 Å². The van der Waals surface area contributed by atoms with E-state index in [1.54, 1.807) is 12.1 Å². The Balaban J connectivity index is 1.68. The van der Waals surface area contributed by atoms with Gasteiger partial charge in [-0.3, -0.25) is 0 Å². The van der Waals surface area contributed by atoms with E-state index in [9.17, 15) is 13.6 Å². The molecule has 0 fully saturated rings. The zero-order chi connectivity index (χ0) is 16.7. The Morgan fingerprint density at radius 2 is 1.91 bits per heavy atom. The third kappa shape index (κ3) is 5.41. The molecule has 2 N–H and O–H groups in total. The second kappa shape index (κ2) is 8.33. The van der Waals surface area contributed by atoms with Crippen LogP contribution in [0.15, 0.2) is 42.5 Å². The highest BCUT2D eigenvalue weighted by atomic mass is 35.5. The molecular formula is C16H15ClF2N2O2. The molecule has 2 aromatic rings. The van der Waals surface area contributed by atoms with Crippen LogP contribution in [0.4, 0.5) is 13.6 Å². The fraction of sp³-hybridized carbons (Fsp3) is 0.188. The zero-order valence-electron chi connectivity index (χ0n) is 12.1. The van der Waals surface area contributed by atoms with Gasteiger partial charge in [-0.1, -0.05) is 29.8 Å². The summed E-state index contributed by atoms with van der Waals surface area (Å²) in [7, 11) is 0. The molecule has 23 heavy (non-hydrogen) atoms. The van der Waals surface area contributed by atoms with Gasteiger partial charge in [-0.25, -0.2) is 13.6 Å². The smallest absolute Gasteiger partial charge is 0.315 e. The fourth-order valence-corrected chi connectivity index (χ4v) is 2.00. The van der Waals surface area contributed by atoms with E-state index in [-0.39, 0.29) is 18.9 Å². The first-order chi connectivity index (χ1) is 11.1. The molecular weight excluding hydrogens is 326 g/mol. The number of carbonyl (C=O) groups is 1. The molecule has 4 nitrogen and oxygen atoms in total. The molecule has 2 amide bonds. The molecule has 0 aliphatic heterocycles. The monoisotopic (exact) mass is 340 g/mol. The summed E-state index contributed by atoms with van der Waals surface area (Å²) < 4.78 is 31.1. The van der Waals surface area contributed by atoms with E-state index in [1.165, 1.54) is 6.07 Å². The summed E-state index contributed by atoms with van der Waals surface area (Å²) in [5.41, 5.74) is 0.800. The van der Waals surface area contributed by atoms with Crippen LogP contribution in [-0.4, -0.2) is 19.2 Å². The largest absolute Gasteiger partial charge is 0.489 e. The van der Waals surface area contributed by atoms with Crippen LogP contribution in [-0.2, 0) is 6.54 Å². The SMILES string of the molecule is O=C(NCCOc1ccc(F)cc1F)NCc1ccccc1Cl. The summed E-state index contributed by atoms with van der Waals surface area (Å²) in [5.74, 6) is -1.52. The first kappa shape index (κ1) is 17.0. The van der Waals surface area contributed by atoms with Gasteiger partial charge < -0.3 is 15.4 Å². The van der Waals surface area contributed by atoms with Crippen LogP contribution in [0.1, 0.15) is 5.56 Å². The van der Waals surface area contributed by atoms with Crippen molar-refractivity contribution < 1.29 is 18.3 Å². The van der Waals surface area contributed by atoms with Crippen molar-refractivity contribution in [1.82, 2.24) is 10.6 Å². The first-order valence-electron chi connectivity index (χ1n) is 6.89.